The smallest absolute Gasteiger partial charge is 0.0431 e. The van der Waals surface area contributed by atoms with Gasteiger partial charge in [-0.2, -0.15) is 0 Å². The average Bonchev–Trinajstić information content (AvgIpc) is 2.71. The third-order valence-corrected chi connectivity index (χ3v) is 3.32. The number of nitrogens with one attached hydrogen (secondary N) is 1. The number of aliphatic hydroxyl groups excluding tert-OH is 1. The summed E-state index contributed by atoms with van der Waals surface area (Å²) >= 11 is 0. The third-order valence-electron chi connectivity index (χ3n) is 3.32. The standard InChI is InChI=1S/C14H21NO/c16-9-5-1-4-8-15-14-10-12-6-2-3-7-13(12)11-14/h2-3,6-7,14-16H,1,4-5,8-11H2. The second-order valence-corrected chi connectivity index (χ2v) is 4.61. The van der Waals surface area contributed by atoms with E-state index in [0.717, 1.165) is 19.4 Å². The van der Waals surface area contributed by atoms with Crippen molar-refractivity contribution in [1.29, 1.82) is 0 Å². The van der Waals surface area contributed by atoms with Crippen molar-refractivity contribution in [2.75, 3.05) is 13.2 Å². The van der Waals surface area contributed by atoms with Crippen LogP contribution in [0.5, 0.6) is 0 Å². The molecule has 1 aliphatic carbocycles. The Labute approximate surface area is 97.7 Å². The molecule has 0 heterocycles. The zero-order valence-electron chi connectivity index (χ0n) is 9.78. The molecular weight excluding hydrogens is 198 g/mol. The number of rotatable bonds is 6. The number of hydrogen-bond donors (Lipinski definition) is 2. The van der Waals surface area contributed by atoms with Crippen molar-refractivity contribution in [3.05, 3.63) is 35.4 Å². The van der Waals surface area contributed by atoms with Gasteiger partial charge in [0.25, 0.3) is 0 Å². The Hall–Kier alpha value is -0.860. The van der Waals surface area contributed by atoms with Crippen molar-refractivity contribution in [2.24, 2.45) is 0 Å². The lowest BCUT2D eigenvalue weighted by Gasteiger charge is -2.11. The summed E-state index contributed by atoms with van der Waals surface area (Å²) < 4.78 is 0. The first-order valence-corrected chi connectivity index (χ1v) is 6.31. The van der Waals surface area contributed by atoms with Crippen LogP contribution in [0.25, 0.3) is 0 Å². The second-order valence-electron chi connectivity index (χ2n) is 4.61. The van der Waals surface area contributed by atoms with Gasteiger partial charge in [-0.25, -0.2) is 0 Å². The number of benzene rings is 1. The quantitative estimate of drug-likeness (QED) is 0.716. The molecule has 1 aromatic rings. The number of hydrogen-bond acceptors (Lipinski definition) is 2. The second kappa shape index (κ2) is 6.02. The Bertz CT molecular complexity index is 299. The Kier molecular flexibility index (Phi) is 4.37. The molecule has 0 saturated heterocycles. The van der Waals surface area contributed by atoms with Gasteiger partial charge in [0.15, 0.2) is 0 Å². The number of fused-ring (bicyclic) bond motifs is 1. The van der Waals surface area contributed by atoms with Crippen LogP contribution in [0, 0.1) is 0 Å². The molecule has 2 rings (SSSR count). The predicted octanol–water partition coefficient (Wildman–Crippen LogP) is 1.91. The average molecular weight is 219 g/mol. The van der Waals surface area contributed by atoms with Crippen LogP contribution in [0.1, 0.15) is 30.4 Å². The minimum atomic E-state index is 0.328. The maximum atomic E-state index is 8.68. The van der Waals surface area contributed by atoms with E-state index < -0.39 is 0 Å². The van der Waals surface area contributed by atoms with Crippen LogP contribution in [-0.2, 0) is 12.8 Å². The highest BCUT2D eigenvalue weighted by atomic mass is 16.2. The summed E-state index contributed by atoms with van der Waals surface area (Å²) in [7, 11) is 0. The molecule has 88 valence electrons. The largest absolute Gasteiger partial charge is 0.396 e. The van der Waals surface area contributed by atoms with Crippen molar-refractivity contribution in [3.63, 3.8) is 0 Å². The Balaban J connectivity index is 1.67. The van der Waals surface area contributed by atoms with Crippen LogP contribution >= 0.6 is 0 Å². The maximum absolute atomic E-state index is 8.68. The summed E-state index contributed by atoms with van der Waals surface area (Å²) in [6, 6.07) is 9.36. The summed E-state index contributed by atoms with van der Waals surface area (Å²) in [5.74, 6) is 0. The highest BCUT2D eigenvalue weighted by Gasteiger charge is 2.19. The lowest BCUT2D eigenvalue weighted by molar-refractivity contribution is 0.282. The van der Waals surface area contributed by atoms with Crippen LogP contribution in [0.15, 0.2) is 24.3 Å². The van der Waals surface area contributed by atoms with Gasteiger partial charge >= 0.3 is 0 Å². The molecule has 2 nitrogen and oxygen atoms in total. The molecule has 16 heavy (non-hydrogen) atoms. The van der Waals surface area contributed by atoms with Crippen molar-refractivity contribution in [1.82, 2.24) is 5.32 Å². The minimum Gasteiger partial charge on any atom is -0.396 e. The van der Waals surface area contributed by atoms with E-state index in [-0.39, 0.29) is 0 Å². The zero-order valence-corrected chi connectivity index (χ0v) is 9.78. The molecule has 1 aliphatic rings. The first-order chi connectivity index (χ1) is 7.90. The zero-order chi connectivity index (χ0) is 11.2. The molecule has 0 aliphatic heterocycles. The fraction of sp³-hybridized carbons (Fsp3) is 0.571. The summed E-state index contributed by atoms with van der Waals surface area (Å²) in [5.41, 5.74) is 3.02. The summed E-state index contributed by atoms with van der Waals surface area (Å²) in [4.78, 5) is 0. The van der Waals surface area contributed by atoms with E-state index in [1.165, 1.54) is 30.4 Å². The van der Waals surface area contributed by atoms with Crippen molar-refractivity contribution in [2.45, 2.75) is 38.1 Å². The van der Waals surface area contributed by atoms with Crippen LogP contribution < -0.4 is 5.32 Å². The summed E-state index contributed by atoms with van der Waals surface area (Å²) in [6.45, 7) is 1.41. The predicted molar refractivity (Wildman–Crippen MR) is 66.6 cm³/mol. The Morgan fingerprint density at radius 3 is 2.38 bits per heavy atom. The SMILES string of the molecule is OCCCCCNC1Cc2ccccc2C1. The van der Waals surface area contributed by atoms with E-state index in [1.54, 1.807) is 0 Å². The van der Waals surface area contributed by atoms with E-state index >= 15 is 0 Å². The monoisotopic (exact) mass is 219 g/mol. The minimum absolute atomic E-state index is 0.328. The highest BCUT2D eigenvalue weighted by molar-refractivity contribution is 5.33. The Morgan fingerprint density at radius 2 is 1.75 bits per heavy atom. The van der Waals surface area contributed by atoms with Crippen LogP contribution in [-0.4, -0.2) is 24.3 Å². The van der Waals surface area contributed by atoms with Crippen molar-refractivity contribution in [3.8, 4) is 0 Å². The molecule has 1 aromatic carbocycles. The summed E-state index contributed by atoms with van der Waals surface area (Å²) in [6.07, 6.45) is 5.59. The van der Waals surface area contributed by atoms with E-state index in [1.807, 2.05) is 0 Å². The normalized spacial score (nSPS) is 15.3. The lowest BCUT2D eigenvalue weighted by atomic mass is 10.1. The van der Waals surface area contributed by atoms with Crippen LogP contribution in [0.2, 0.25) is 0 Å². The van der Waals surface area contributed by atoms with Gasteiger partial charge in [0.05, 0.1) is 0 Å². The van der Waals surface area contributed by atoms with E-state index in [4.69, 9.17) is 5.11 Å². The first-order valence-electron chi connectivity index (χ1n) is 6.31. The van der Waals surface area contributed by atoms with E-state index in [0.29, 0.717) is 12.6 Å². The van der Waals surface area contributed by atoms with Gasteiger partial charge in [0.1, 0.15) is 0 Å². The molecule has 0 amide bonds. The Morgan fingerprint density at radius 1 is 1.06 bits per heavy atom. The number of aliphatic hydroxyl groups is 1. The van der Waals surface area contributed by atoms with Gasteiger partial charge in [-0.1, -0.05) is 24.3 Å². The molecule has 2 N–H and O–H groups in total. The molecule has 0 unspecified atom stereocenters. The highest BCUT2D eigenvalue weighted by Crippen LogP contribution is 2.21. The van der Waals surface area contributed by atoms with Gasteiger partial charge in [-0.15, -0.1) is 0 Å². The fourth-order valence-electron chi connectivity index (χ4n) is 2.42. The fourth-order valence-corrected chi connectivity index (χ4v) is 2.42. The third kappa shape index (κ3) is 3.06. The van der Waals surface area contributed by atoms with Gasteiger partial charge in [-0.3, -0.25) is 0 Å². The van der Waals surface area contributed by atoms with Gasteiger partial charge in [0.2, 0.25) is 0 Å². The van der Waals surface area contributed by atoms with Gasteiger partial charge in [-0.05, 0) is 49.8 Å². The molecular formula is C14H21NO. The first kappa shape index (κ1) is 11.6. The topological polar surface area (TPSA) is 32.3 Å². The lowest BCUT2D eigenvalue weighted by Crippen LogP contribution is -2.30. The molecule has 0 saturated carbocycles. The van der Waals surface area contributed by atoms with Gasteiger partial charge < -0.3 is 10.4 Å². The molecule has 0 spiro atoms. The van der Waals surface area contributed by atoms with Crippen LogP contribution in [0.3, 0.4) is 0 Å². The number of unbranched alkanes of at least 4 members (excludes halogenated alkanes) is 2. The molecule has 0 atom stereocenters. The molecule has 2 heteroatoms. The maximum Gasteiger partial charge on any atom is 0.0431 e. The summed E-state index contributed by atoms with van der Waals surface area (Å²) in [5, 5.41) is 12.3. The van der Waals surface area contributed by atoms with Crippen LogP contribution in [0.4, 0.5) is 0 Å². The van der Waals surface area contributed by atoms with E-state index in [9.17, 15) is 0 Å². The van der Waals surface area contributed by atoms with Crippen molar-refractivity contribution < 1.29 is 5.11 Å². The van der Waals surface area contributed by atoms with Gasteiger partial charge in [0, 0.05) is 12.6 Å². The molecule has 0 fully saturated rings. The van der Waals surface area contributed by atoms with Crippen molar-refractivity contribution >= 4 is 0 Å². The molecule has 0 radical (unpaired) electrons. The molecule has 0 bridgehead atoms. The van der Waals surface area contributed by atoms with E-state index in [2.05, 4.69) is 29.6 Å². The molecule has 0 aromatic heterocycles.